The molecule has 2 heteroatoms. The van der Waals surface area contributed by atoms with Gasteiger partial charge in [0.1, 0.15) is 5.69 Å². The molecule has 2 aromatic rings. The van der Waals surface area contributed by atoms with E-state index in [0.717, 1.165) is 12.2 Å². The van der Waals surface area contributed by atoms with Crippen molar-refractivity contribution in [2.24, 2.45) is 0 Å². The van der Waals surface area contributed by atoms with Gasteiger partial charge in [0.05, 0.1) is 5.41 Å². The lowest BCUT2D eigenvalue weighted by Gasteiger charge is -2.24. The van der Waals surface area contributed by atoms with Crippen molar-refractivity contribution in [3.8, 4) is 0 Å². The van der Waals surface area contributed by atoms with Crippen molar-refractivity contribution in [2.75, 3.05) is 0 Å². The highest BCUT2D eigenvalue weighted by Crippen LogP contribution is 2.27. The van der Waals surface area contributed by atoms with Crippen LogP contribution in [0.25, 0.3) is 0 Å². The van der Waals surface area contributed by atoms with Gasteiger partial charge in [0, 0.05) is 13.0 Å². The molecule has 118 valence electrons. The van der Waals surface area contributed by atoms with Crippen LogP contribution in [0.5, 0.6) is 0 Å². The Morgan fingerprint density at radius 2 is 1.36 bits per heavy atom. The molecular weight excluding hydrogens is 268 g/mol. The molecule has 0 unspecified atom stereocenters. The molecule has 0 aliphatic carbocycles. The molecule has 1 aromatic heterocycles. The van der Waals surface area contributed by atoms with Crippen molar-refractivity contribution in [1.29, 1.82) is 0 Å². The Labute approximate surface area is 135 Å². The van der Waals surface area contributed by atoms with Crippen LogP contribution in [0.2, 0.25) is 0 Å². The maximum Gasteiger partial charge on any atom is 0.205 e. The summed E-state index contributed by atoms with van der Waals surface area (Å²) >= 11 is 0. The van der Waals surface area contributed by atoms with Gasteiger partial charge in [0.15, 0.2) is 6.54 Å². The summed E-state index contributed by atoms with van der Waals surface area (Å²) in [5, 5.41) is 4.66. The zero-order valence-corrected chi connectivity index (χ0v) is 15.1. The van der Waals surface area contributed by atoms with E-state index in [4.69, 9.17) is 0 Å². The van der Waals surface area contributed by atoms with E-state index in [1.165, 1.54) is 16.8 Å². The fourth-order valence-corrected chi connectivity index (χ4v) is 2.68. The van der Waals surface area contributed by atoms with Crippen LogP contribution in [0.4, 0.5) is 0 Å². The zero-order chi connectivity index (χ0) is 16.5. The Morgan fingerprint density at radius 3 is 1.91 bits per heavy atom. The zero-order valence-electron chi connectivity index (χ0n) is 15.1. The van der Waals surface area contributed by atoms with Gasteiger partial charge in [-0.1, -0.05) is 49.7 Å². The van der Waals surface area contributed by atoms with Crippen molar-refractivity contribution in [2.45, 2.75) is 65.8 Å². The van der Waals surface area contributed by atoms with E-state index in [1.54, 1.807) is 0 Å². The Morgan fingerprint density at radius 1 is 0.818 bits per heavy atom. The van der Waals surface area contributed by atoms with Crippen LogP contribution in [0.3, 0.4) is 0 Å². The quantitative estimate of drug-likeness (QED) is 0.773. The molecule has 0 N–H and O–H groups in total. The third kappa shape index (κ3) is 3.73. The Hall–Kier alpha value is -1.70. The second-order valence-corrected chi connectivity index (χ2v) is 7.98. The second-order valence-electron chi connectivity index (χ2n) is 7.98. The van der Waals surface area contributed by atoms with E-state index in [0.29, 0.717) is 0 Å². The van der Waals surface area contributed by atoms with Crippen LogP contribution in [0, 0.1) is 13.8 Å². The molecule has 0 fully saturated rings. The van der Waals surface area contributed by atoms with Crippen LogP contribution in [0.1, 0.15) is 57.1 Å². The number of hydrogen-bond acceptors (Lipinski definition) is 1. The molecule has 22 heavy (non-hydrogen) atoms. The van der Waals surface area contributed by atoms with Crippen LogP contribution in [-0.4, -0.2) is 5.10 Å². The summed E-state index contributed by atoms with van der Waals surface area (Å²) in [4.78, 5) is 0. The van der Waals surface area contributed by atoms with Gasteiger partial charge >= 0.3 is 0 Å². The minimum absolute atomic E-state index is 0.0482. The number of aromatic nitrogens is 2. The normalized spacial score (nSPS) is 12.5. The largest absolute Gasteiger partial charge is 0.205 e. The molecule has 0 saturated heterocycles. The SMILES string of the molecule is Cc1ccc(C)[n+](CC(C)(C)c2ccc(C(C)(C)C)cc2)n1. The number of rotatable bonds is 3. The fraction of sp³-hybridized carbons (Fsp3) is 0.500. The Bertz CT molecular complexity index is 646. The van der Waals surface area contributed by atoms with Gasteiger partial charge in [-0.15, -0.1) is 0 Å². The van der Waals surface area contributed by atoms with E-state index in [2.05, 4.69) is 87.7 Å². The Kier molecular flexibility index (Phi) is 4.42. The van der Waals surface area contributed by atoms with Gasteiger partial charge in [0.2, 0.25) is 5.69 Å². The topological polar surface area (TPSA) is 16.8 Å². The second kappa shape index (κ2) is 5.83. The molecule has 1 aromatic carbocycles. The van der Waals surface area contributed by atoms with Crippen LogP contribution in [-0.2, 0) is 17.4 Å². The van der Waals surface area contributed by atoms with E-state index in [9.17, 15) is 0 Å². The summed E-state index contributed by atoms with van der Waals surface area (Å²) in [6, 6.07) is 13.3. The predicted octanol–water partition coefficient (Wildman–Crippen LogP) is 4.26. The van der Waals surface area contributed by atoms with Crippen molar-refractivity contribution in [1.82, 2.24) is 5.10 Å². The first-order chi connectivity index (χ1) is 10.1. The average Bonchev–Trinajstić information content (AvgIpc) is 2.42. The van der Waals surface area contributed by atoms with Gasteiger partial charge in [-0.2, -0.15) is 0 Å². The van der Waals surface area contributed by atoms with Gasteiger partial charge in [-0.3, -0.25) is 0 Å². The fourth-order valence-electron chi connectivity index (χ4n) is 2.68. The molecule has 0 saturated carbocycles. The van der Waals surface area contributed by atoms with Crippen LogP contribution < -0.4 is 4.68 Å². The highest BCUT2D eigenvalue weighted by Gasteiger charge is 2.28. The van der Waals surface area contributed by atoms with E-state index < -0.39 is 0 Å². The summed E-state index contributed by atoms with van der Waals surface area (Å²) in [5.74, 6) is 0. The molecule has 2 rings (SSSR count). The molecule has 0 aliphatic rings. The lowest BCUT2D eigenvalue weighted by molar-refractivity contribution is -0.766. The van der Waals surface area contributed by atoms with Crippen molar-refractivity contribution >= 4 is 0 Å². The van der Waals surface area contributed by atoms with Crippen molar-refractivity contribution < 1.29 is 4.68 Å². The monoisotopic (exact) mass is 297 g/mol. The maximum atomic E-state index is 4.66. The van der Waals surface area contributed by atoms with Gasteiger partial charge in [-0.25, -0.2) is 0 Å². The van der Waals surface area contributed by atoms with Gasteiger partial charge in [-0.05, 0) is 48.5 Å². The summed E-state index contributed by atoms with van der Waals surface area (Å²) in [5.41, 5.74) is 5.24. The maximum absolute atomic E-state index is 4.66. The third-order valence-corrected chi connectivity index (χ3v) is 4.33. The first-order valence-electron chi connectivity index (χ1n) is 8.05. The minimum Gasteiger partial charge on any atom is -0.0876 e. The smallest absolute Gasteiger partial charge is 0.0876 e. The third-order valence-electron chi connectivity index (χ3n) is 4.33. The molecule has 0 spiro atoms. The van der Waals surface area contributed by atoms with E-state index in [1.807, 2.05) is 6.92 Å². The molecule has 1 heterocycles. The molecule has 0 bridgehead atoms. The van der Waals surface area contributed by atoms with Gasteiger partial charge < -0.3 is 0 Å². The van der Waals surface area contributed by atoms with Gasteiger partial charge in [0.25, 0.3) is 0 Å². The number of aryl methyl sites for hydroxylation is 2. The molecule has 0 atom stereocenters. The molecule has 2 nitrogen and oxygen atoms in total. The molecule has 0 aliphatic heterocycles. The molecule has 0 amide bonds. The minimum atomic E-state index is 0.0482. The first kappa shape index (κ1) is 16.7. The number of hydrogen-bond donors (Lipinski definition) is 0. The van der Waals surface area contributed by atoms with Crippen LogP contribution in [0.15, 0.2) is 36.4 Å². The lowest BCUT2D eigenvalue weighted by Crippen LogP contribution is -2.48. The van der Waals surface area contributed by atoms with Crippen molar-refractivity contribution in [3.63, 3.8) is 0 Å². The molecule has 0 radical (unpaired) electrons. The summed E-state index contributed by atoms with van der Waals surface area (Å²) in [6.07, 6.45) is 0. The molecular formula is C20H29N2+. The van der Waals surface area contributed by atoms with E-state index in [-0.39, 0.29) is 10.8 Å². The average molecular weight is 297 g/mol. The standard InChI is InChI=1S/C20H29N2/c1-15-8-9-16(2)22(21-15)14-20(6,7)18-12-10-17(11-13-18)19(3,4)5/h8-13H,14H2,1-7H3/q+1. The van der Waals surface area contributed by atoms with E-state index >= 15 is 0 Å². The highest BCUT2D eigenvalue weighted by molar-refractivity contribution is 5.31. The summed E-state index contributed by atoms with van der Waals surface area (Å²) < 4.78 is 2.12. The number of nitrogens with zero attached hydrogens (tertiary/aromatic N) is 2. The lowest BCUT2D eigenvalue weighted by atomic mass is 9.81. The van der Waals surface area contributed by atoms with Crippen LogP contribution >= 0.6 is 0 Å². The highest BCUT2D eigenvalue weighted by atomic mass is 15.3. The summed E-state index contributed by atoms with van der Waals surface area (Å²) in [6.45, 7) is 16.4. The first-order valence-corrected chi connectivity index (χ1v) is 8.05. The number of benzene rings is 1. The Balaban J connectivity index is 2.28. The predicted molar refractivity (Wildman–Crippen MR) is 92.1 cm³/mol. The van der Waals surface area contributed by atoms with Crippen molar-refractivity contribution in [3.05, 3.63) is 58.9 Å². The summed E-state index contributed by atoms with van der Waals surface area (Å²) in [7, 11) is 0.